The maximum absolute atomic E-state index is 13.5. The van der Waals surface area contributed by atoms with Crippen LogP contribution >= 0.6 is 22.9 Å². The number of halogens is 1. The summed E-state index contributed by atoms with van der Waals surface area (Å²) in [6.45, 7) is 3.31. The molecule has 2 heterocycles. The van der Waals surface area contributed by atoms with Gasteiger partial charge in [-0.25, -0.2) is 8.42 Å². The first-order valence-electron chi connectivity index (χ1n) is 12.5. The minimum atomic E-state index is -4.04. The monoisotopic (exact) mass is 591 g/mol. The second-order valence-corrected chi connectivity index (χ2v) is 13.0. The lowest BCUT2D eigenvalue weighted by molar-refractivity contribution is -0.151. The number of ether oxygens (including phenoxy) is 1. The van der Waals surface area contributed by atoms with Gasteiger partial charge in [-0.3, -0.25) is 14.4 Å². The molecule has 0 aliphatic carbocycles. The third-order valence-electron chi connectivity index (χ3n) is 6.47. The fraction of sp³-hybridized carbons (Fsp3) is 0.370. The average molecular weight is 592 g/mol. The van der Waals surface area contributed by atoms with E-state index < -0.39 is 33.3 Å². The lowest BCUT2D eigenvalue weighted by Gasteiger charge is -2.39. The largest absolute Gasteiger partial charge is 0.465 e. The van der Waals surface area contributed by atoms with Gasteiger partial charge < -0.3 is 14.5 Å². The number of likely N-dealkylation sites (tertiary alicyclic amines) is 1. The molecular formula is C27H30ClN3O6S2. The van der Waals surface area contributed by atoms with Crippen molar-refractivity contribution in [1.29, 1.82) is 0 Å². The van der Waals surface area contributed by atoms with E-state index in [4.69, 9.17) is 16.3 Å². The highest BCUT2D eigenvalue weighted by Gasteiger charge is 2.44. The van der Waals surface area contributed by atoms with Crippen molar-refractivity contribution in [2.75, 3.05) is 26.2 Å². The van der Waals surface area contributed by atoms with E-state index in [1.165, 1.54) is 16.7 Å². The smallest absolute Gasteiger partial charge is 0.325 e. The van der Waals surface area contributed by atoms with Crippen molar-refractivity contribution in [3.63, 3.8) is 0 Å². The van der Waals surface area contributed by atoms with E-state index in [9.17, 15) is 22.8 Å². The number of esters is 1. The third-order valence-corrected chi connectivity index (χ3v) is 9.87. The maximum atomic E-state index is 13.5. The predicted molar refractivity (Wildman–Crippen MR) is 150 cm³/mol. The maximum Gasteiger partial charge on any atom is 0.325 e. The number of fused-ring (bicyclic) bond motifs is 1. The standard InChI is InChI=1S/C27H30ClN3O6S2/c1-3-37-24(33)18-31(16-19-8-5-4-6-9-19)23(32)17-30-13-7-12-27(2,26(30)34)29-39(35,36)25-14-20-10-11-21(28)15-22(20)38-25/h4-6,8-11,14-15,29H,3,7,12-13,16-18H2,1-2H3/t27-/m0/s1. The van der Waals surface area contributed by atoms with Gasteiger partial charge in [0.15, 0.2) is 0 Å². The van der Waals surface area contributed by atoms with Gasteiger partial charge in [-0.1, -0.05) is 48.0 Å². The Bertz CT molecular complexity index is 1480. The Kier molecular flexibility index (Phi) is 8.95. The van der Waals surface area contributed by atoms with Crippen molar-refractivity contribution in [2.24, 2.45) is 0 Å². The fourth-order valence-electron chi connectivity index (χ4n) is 4.55. The summed E-state index contributed by atoms with van der Waals surface area (Å²) in [5, 5.41) is 1.23. The van der Waals surface area contributed by atoms with Gasteiger partial charge in [0.1, 0.15) is 16.3 Å². The molecule has 208 valence electrons. The molecule has 1 aliphatic heterocycles. The van der Waals surface area contributed by atoms with Crippen LogP contribution in [0.1, 0.15) is 32.3 Å². The summed E-state index contributed by atoms with van der Waals surface area (Å²) in [5.74, 6) is -1.48. The second kappa shape index (κ2) is 12.0. The summed E-state index contributed by atoms with van der Waals surface area (Å²) in [4.78, 5) is 41.8. The van der Waals surface area contributed by atoms with Crippen LogP contribution < -0.4 is 4.72 Å². The summed E-state index contributed by atoms with van der Waals surface area (Å²) in [6.07, 6.45) is 0.777. The fourth-order valence-corrected chi connectivity index (χ4v) is 7.62. The molecule has 3 aromatic rings. The number of hydrogen-bond acceptors (Lipinski definition) is 7. The molecule has 12 heteroatoms. The van der Waals surface area contributed by atoms with E-state index in [-0.39, 0.29) is 36.9 Å². The lowest BCUT2D eigenvalue weighted by atomic mass is 9.91. The average Bonchev–Trinajstić information content (AvgIpc) is 3.31. The van der Waals surface area contributed by atoms with Crippen LogP contribution in [0, 0.1) is 0 Å². The Morgan fingerprint density at radius 3 is 2.64 bits per heavy atom. The number of amides is 2. The van der Waals surface area contributed by atoms with Crippen LogP contribution in [0.3, 0.4) is 0 Å². The first-order chi connectivity index (χ1) is 18.5. The number of nitrogens with one attached hydrogen (secondary N) is 1. The minimum absolute atomic E-state index is 0.0745. The van der Waals surface area contributed by atoms with Gasteiger partial charge >= 0.3 is 5.97 Å². The van der Waals surface area contributed by atoms with Crippen LogP contribution in [0.4, 0.5) is 0 Å². The summed E-state index contributed by atoms with van der Waals surface area (Å²) >= 11 is 7.11. The van der Waals surface area contributed by atoms with Crippen molar-refractivity contribution >= 4 is 60.8 Å². The topological polar surface area (TPSA) is 113 Å². The van der Waals surface area contributed by atoms with Crippen LogP contribution in [0.2, 0.25) is 5.02 Å². The van der Waals surface area contributed by atoms with Crippen molar-refractivity contribution in [3.05, 3.63) is 65.2 Å². The van der Waals surface area contributed by atoms with Crippen LogP contribution in [0.5, 0.6) is 0 Å². The Balaban J connectivity index is 1.50. The number of rotatable bonds is 10. The molecule has 1 fully saturated rings. The molecule has 0 radical (unpaired) electrons. The summed E-state index contributed by atoms with van der Waals surface area (Å²) in [6, 6.07) is 15.9. The van der Waals surface area contributed by atoms with E-state index in [1.54, 1.807) is 31.2 Å². The molecule has 2 aromatic carbocycles. The predicted octanol–water partition coefficient (Wildman–Crippen LogP) is 3.81. The zero-order valence-electron chi connectivity index (χ0n) is 21.7. The van der Waals surface area contributed by atoms with Crippen LogP contribution in [0.25, 0.3) is 10.1 Å². The first-order valence-corrected chi connectivity index (χ1v) is 15.2. The zero-order chi connectivity index (χ0) is 28.2. The highest BCUT2D eigenvalue weighted by atomic mass is 35.5. The third kappa shape index (κ3) is 6.96. The number of carbonyl (C=O) groups is 3. The SMILES string of the molecule is CCOC(=O)CN(Cc1ccccc1)C(=O)CN1CCC[C@](C)(NS(=O)(=O)c2cc3ccc(Cl)cc3s2)C1=O. The Morgan fingerprint density at radius 2 is 1.92 bits per heavy atom. The Labute approximate surface area is 236 Å². The van der Waals surface area contributed by atoms with Gasteiger partial charge in [-0.2, -0.15) is 4.72 Å². The molecule has 1 aliphatic rings. The van der Waals surface area contributed by atoms with Gasteiger partial charge in [-0.05, 0) is 55.8 Å². The highest BCUT2D eigenvalue weighted by molar-refractivity contribution is 7.91. The number of benzene rings is 2. The lowest BCUT2D eigenvalue weighted by Crippen LogP contribution is -2.62. The number of thiophene rings is 1. The molecule has 2 amide bonds. The van der Waals surface area contributed by atoms with Crippen molar-refractivity contribution < 1.29 is 27.5 Å². The minimum Gasteiger partial charge on any atom is -0.465 e. The molecule has 9 nitrogen and oxygen atoms in total. The number of sulfonamides is 1. The molecule has 1 atom stereocenters. The molecule has 0 spiro atoms. The van der Waals surface area contributed by atoms with E-state index >= 15 is 0 Å². The van der Waals surface area contributed by atoms with E-state index in [0.717, 1.165) is 27.0 Å². The highest BCUT2D eigenvalue weighted by Crippen LogP contribution is 2.33. The normalized spacial score (nSPS) is 17.8. The molecule has 4 rings (SSSR count). The molecular weight excluding hydrogens is 562 g/mol. The van der Waals surface area contributed by atoms with Gasteiger partial charge in [0.05, 0.1) is 13.2 Å². The first kappa shape index (κ1) is 29.0. The van der Waals surface area contributed by atoms with Crippen LogP contribution in [0.15, 0.2) is 58.8 Å². The van der Waals surface area contributed by atoms with Crippen molar-refractivity contribution in [3.8, 4) is 0 Å². The summed E-state index contributed by atoms with van der Waals surface area (Å²) in [5.41, 5.74) is -0.612. The van der Waals surface area contributed by atoms with Crippen molar-refractivity contribution in [1.82, 2.24) is 14.5 Å². The number of nitrogens with zero attached hydrogens (tertiary/aromatic N) is 2. The number of hydrogen-bond donors (Lipinski definition) is 1. The second-order valence-electron chi connectivity index (χ2n) is 9.56. The molecule has 0 unspecified atom stereocenters. The van der Waals surface area contributed by atoms with E-state index in [2.05, 4.69) is 4.72 Å². The quantitative estimate of drug-likeness (QED) is 0.359. The number of piperidine rings is 1. The Hall–Kier alpha value is -2.99. The Morgan fingerprint density at radius 1 is 1.18 bits per heavy atom. The summed E-state index contributed by atoms with van der Waals surface area (Å²) < 4.78 is 35.0. The number of carbonyl (C=O) groups excluding carboxylic acids is 3. The van der Waals surface area contributed by atoms with E-state index in [0.29, 0.717) is 18.0 Å². The van der Waals surface area contributed by atoms with Gasteiger partial charge in [0, 0.05) is 22.8 Å². The molecule has 39 heavy (non-hydrogen) atoms. The molecule has 1 N–H and O–H groups in total. The van der Waals surface area contributed by atoms with Crippen molar-refractivity contribution in [2.45, 2.75) is 43.0 Å². The van der Waals surface area contributed by atoms with Crippen LogP contribution in [-0.4, -0.2) is 67.8 Å². The van der Waals surface area contributed by atoms with Gasteiger partial charge in [0.2, 0.25) is 11.8 Å². The zero-order valence-corrected chi connectivity index (χ0v) is 24.1. The molecule has 1 saturated heterocycles. The summed E-state index contributed by atoms with van der Waals surface area (Å²) in [7, 11) is -4.04. The molecule has 0 saturated carbocycles. The van der Waals surface area contributed by atoms with Gasteiger partial charge in [-0.15, -0.1) is 11.3 Å². The van der Waals surface area contributed by atoms with E-state index in [1.807, 2.05) is 30.3 Å². The van der Waals surface area contributed by atoms with Crippen LogP contribution in [-0.2, 0) is 35.7 Å². The molecule has 1 aromatic heterocycles. The van der Waals surface area contributed by atoms with Gasteiger partial charge in [0.25, 0.3) is 10.0 Å². The molecule has 0 bridgehead atoms.